The van der Waals surface area contributed by atoms with Crippen molar-refractivity contribution in [3.05, 3.63) is 95.1 Å². The third kappa shape index (κ3) is 12.9. The molecule has 2 heteroatoms. The summed E-state index contributed by atoms with van der Waals surface area (Å²) in [5, 5.41) is 0. The number of hydrogen-bond donors (Lipinski definition) is 0. The molecule has 0 aliphatic carbocycles. The van der Waals surface area contributed by atoms with Crippen LogP contribution in [-0.4, -0.2) is 13.2 Å². The maximum atomic E-state index is 5.90. The van der Waals surface area contributed by atoms with Crippen LogP contribution in [0.1, 0.15) is 107 Å². The molecule has 0 aromatic heterocycles. The van der Waals surface area contributed by atoms with Crippen LogP contribution in [0.25, 0.3) is 24.3 Å². The lowest BCUT2D eigenvalue weighted by Gasteiger charge is -2.06. The Morgan fingerprint density at radius 3 is 1.00 bits per heavy atom. The number of unbranched alkanes of at least 4 members (excludes halogenated alkanes) is 9. The molecule has 0 saturated carbocycles. The smallest absolute Gasteiger partial charge is 0.119 e. The van der Waals surface area contributed by atoms with Crippen LogP contribution in [-0.2, 0) is 0 Å². The molecule has 0 aliphatic heterocycles. The van der Waals surface area contributed by atoms with Crippen LogP contribution >= 0.6 is 0 Å². The van der Waals surface area contributed by atoms with Gasteiger partial charge in [-0.3, -0.25) is 0 Å². The van der Waals surface area contributed by atoms with Crippen LogP contribution in [0.5, 0.6) is 11.5 Å². The highest BCUT2D eigenvalue weighted by Gasteiger charge is 1.97. The molecule has 3 rings (SSSR count). The first-order valence-electron chi connectivity index (χ1n) is 15.2. The van der Waals surface area contributed by atoms with Gasteiger partial charge in [0.1, 0.15) is 11.5 Å². The molecule has 39 heavy (non-hydrogen) atoms. The second kappa shape index (κ2) is 18.9. The first-order chi connectivity index (χ1) is 19.3. The summed E-state index contributed by atoms with van der Waals surface area (Å²) in [6.45, 7) is 6.11. The second-order valence-corrected chi connectivity index (χ2v) is 10.4. The minimum absolute atomic E-state index is 0.804. The summed E-state index contributed by atoms with van der Waals surface area (Å²) in [4.78, 5) is 0. The predicted octanol–water partition coefficient (Wildman–Crippen LogP) is 11.1. The van der Waals surface area contributed by atoms with Gasteiger partial charge in [-0.2, -0.15) is 0 Å². The highest BCUT2D eigenvalue weighted by Crippen LogP contribution is 2.18. The van der Waals surface area contributed by atoms with Gasteiger partial charge in [0.15, 0.2) is 0 Å². The molecule has 0 aliphatic rings. The van der Waals surface area contributed by atoms with Crippen molar-refractivity contribution in [3.8, 4) is 11.5 Å². The molecule has 0 fully saturated rings. The third-order valence-corrected chi connectivity index (χ3v) is 6.92. The number of hydrogen-bond acceptors (Lipinski definition) is 2. The van der Waals surface area contributed by atoms with Gasteiger partial charge in [-0.1, -0.05) is 144 Å². The van der Waals surface area contributed by atoms with Crippen LogP contribution in [0.15, 0.2) is 72.8 Å². The van der Waals surface area contributed by atoms with Gasteiger partial charge in [0.25, 0.3) is 0 Å². The molecule has 0 bridgehead atoms. The van der Waals surface area contributed by atoms with Crippen molar-refractivity contribution in [2.24, 2.45) is 0 Å². The highest BCUT2D eigenvalue weighted by atomic mass is 16.5. The van der Waals surface area contributed by atoms with Crippen LogP contribution in [0.2, 0.25) is 0 Å². The van der Waals surface area contributed by atoms with E-state index in [1.54, 1.807) is 0 Å². The predicted molar refractivity (Wildman–Crippen MR) is 170 cm³/mol. The quantitative estimate of drug-likeness (QED) is 0.115. The number of benzene rings is 3. The fraction of sp³-hybridized carbons (Fsp3) is 0.405. The Hall–Kier alpha value is -3.26. The van der Waals surface area contributed by atoms with Gasteiger partial charge in [0.2, 0.25) is 0 Å². The SMILES string of the molecule is CCCCCCCCOc1ccc(/C=C/c2ccc(/C=C/c3ccc(OCCCCCCC)cc3)cc2)cc1. The fourth-order valence-electron chi connectivity index (χ4n) is 4.42. The highest BCUT2D eigenvalue weighted by molar-refractivity contribution is 5.73. The maximum absolute atomic E-state index is 5.90. The van der Waals surface area contributed by atoms with E-state index in [0.717, 1.165) is 37.6 Å². The average molecular weight is 525 g/mol. The van der Waals surface area contributed by atoms with Gasteiger partial charge in [-0.25, -0.2) is 0 Å². The molecule has 3 aromatic carbocycles. The fourth-order valence-corrected chi connectivity index (χ4v) is 4.42. The number of rotatable bonds is 19. The average Bonchev–Trinajstić information content (AvgIpc) is 2.98. The molecule has 3 aromatic rings. The van der Waals surface area contributed by atoms with Crippen LogP contribution < -0.4 is 9.47 Å². The molecule has 0 atom stereocenters. The second-order valence-electron chi connectivity index (χ2n) is 10.4. The summed E-state index contributed by atoms with van der Waals surface area (Å²) in [5.74, 6) is 1.91. The summed E-state index contributed by atoms with van der Waals surface area (Å²) in [6, 6.07) is 25.4. The van der Waals surface area contributed by atoms with Crippen molar-refractivity contribution in [1.82, 2.24) is 0 Å². The molecule has 0 saturated heterocycles. The van der Waals surface area contributed by atoms with Crippen LogP contribution in [0.3, 0.4) is 0 Å². The molecule has 0 heterocycles. The first-order valence-corrected chi connectivity index (χ1v) is 15.2. The normalized spacial score (nSPS) is 11.4. The zero-order valence-corrected chi connectivity index (χ0v) is 24.2. The summed E-state index contributed by atoms with van der Waals surface area (Å²) in [6.07, 6.45) is 22.6. The van der Waals surface area contributed by atoms with E-state index in [1.807, 2.05) is 0 Å². The third-order valence-electron chi connectivity index (χ3n) is 6.92. The Morgan fingerprint density at radius 1 is 0.385 bits per heavy atom. The minimum Gasteiger partial charge on any atom is -0.494 e. The van der Waals surface area contributed by atoms with Crippen molar-refractivity contribution < 1.29 is 9.47 Å². The van der Waals surface area contributed by atoms with E-state index in [0.29, 0.717) is 0 Å². The van der Waals surface area contributed by atoms with Crippen molar-refractivity contribution in [2.45, 2.75) is 84.5 Å². The lowest BCUT2D eigenvalue weighted by molar-refractivity contribution is 0.304. The monoisotopic (exact) mass is 524 g/mol. The lowest BCUT2D eigenvalue weighted by Crippen LogP contribution is -1.97. The minimum atomic E-state index is 0.804. The summed E-state index contributed by atoms with van der Waals surface area (Å²) in [5.41, 5.74) is 4.72. The number of ether oxygens (including phenoxy) is 2. The van der Waals surface area contributed by atoms with E-state index in [9.17, 15) is 0 Å². The molecule has 0 amide bonds. The lowest BCUT2D eigenvalue weighted by atomic mass is 10.1. The summed E-state index contributed by atoms with van der Waals surface area (Å²) in [7, 11) is 0. The van der Waals surface area contributed by atoms with E-state index >= 15 is 0 Å². The van der Waals surface area contributed by atoms with Gasteiger partial charge >= 0.3 is 0 Å². The van der Waals surface area contributed by atoms with E-state index in [-0.39, 0.29) is 0 Å². The Balaban J connectivity index is 1.38. The Labute approximate surface area is 237 Å². The van der Waals surface area contributed by atoms with E-state index in [1.165, 1.54) is 80.0 Å². The largest absolute Gasteiger partial charge is 0.494 e. The van der Waals surface area contributed by atoms with Crippen molar-refractivity contribution in [1.29, 1.82) is 0 Å². The Kier molecular flexibility index (Phi) is 14.7. The zero-order chi connectivity index (χ0) is 27.4. The van der Waals surface area contributed by atoms with Gasteiger partial charge in [-0.15, -0.1) is 0 Å². The topological polar surface area (TPSA) is 18.5 Å². The van der Waals surface area contributed by atoms with Crippen LogP contribution in [0, 0.1) is 0 Å². The van der Waals surface area contributed by atoms with Crippen LogP contribution in [0.4, 0.5) is 0 Å². The standard InChI is InChI=1S/C37H48O2/c1-3-5-7-9-11-13-31-39-37-28-24-35(25-29-37)21-19-33-16-14-32(15-17-33)18-20-34-22-26-36(27-23-34)38-30-12-10-8-6-4-2/h14-29H,3-13,30-31H2,1-2H3/b20-18+,21-19+. The van der Waals surface area contributed by atoms with E-state index in [2.05, 4.69) is 111 Å². The van der Waals surface area contributed by atoms with Crippen molar-refractivity contribution in [2.75, 3.05) is 13.2 Å². The zero-order valence-electron chi connectivity index (χ0n) is 24.2. The summed E-state index contributed by atoms with van der Waals surface area (Å²) < 4.78 is 11.8. The van der Waals surface area contributed by atoms with Gasteiger partial charge < -0.3 is 9.47 Å². The van der Waals surface area contributed by atoms with Crippen molar-refractivity contribution >= 4 is 24.3 Å². The van der Waals surface area contributed by atoms with E-state index < -0.39 is 0 Å². The van der Waals surface area contributed by atoms with Gasteiger partial charge in [0, 0.05) is 0 Å². The molecule has 208 valence electrons. The maximum Gasteiger partial charge on any atom is 0.119 e. The molecule has 0 radical (unpaired) electrons. The first kappa shape index (κ1) is 30.3. The van der Waals surface area contributed by atoms with Gasteiger partial charge in [0.05, 0.1) is 13.2 Å². The molecule has 0 N–H and O–H groups in total. The molecule has 0 spiro atoms. The molecular weight excluding hydrogens is 476 g/mol. The Bertz CT molecular complexity index is 1080. The van der Waals surface area contributed by atoms with E-state index in [4.69, 9.17) is 9.47 Å². The molecule has 2 nitrogen and oxygen atoms in total. The van der Waals surface area contributed by atoms with Gasteiger partial charge in [-0.05, 0) is 59.4 Å². The molecule has 0 unspecified atom stereocenters. The summed E-state index contributed by atoms with van der Waals surface area (Å²) >= 11 is 0. The van der Waals surface area contributed by atoms with Crippen molar-refractivity contribution in [3.63, 3.8) is 0 Å². The molecular formula is C37H48O2. The Morgan fingerprint density at radius 2 is 0.667 bits per heavy atom.